The molecule has 2 unspecified atom stereocenters. The maximum atomic E-state index is 9.25. The molecule has 6 heteroatoms. The Labute approximate surface area is 102 Å². The molecule has 17 heavy (non-hydrogen) atoms. The first-order chi connectivity index (χ1) is 8.11. The van der Waals surface area contributed by atoms with Crippen LogP contribution in [0.3, 0.4) is 0 Å². The third-order valence-electron chi connectivity index (χ3n) is 3.70. The van der Waals surface area contributed by atoms with Gasteiger partial charge in [-0.15, -0.1) is 0 Å². The molecule has 5 atom stereocenters. The Hall–Kier alpha value is -0.810. The van der Waals surface area contributed by atoms with Gasteiger partial charge >= 0.3 is 0 Å². The normalized spacial score (nSPS) is 37.5. The van der Waals surface area contributed by atoms with Gasteiger partial charge in [-0.3, -0.25) is 0 Å². The summed E-state index contributed by atoms with van der Waals surface area (Å²) in [6.45, 7) is 6.96. The van der Waals surface area contributed by atoms with Gasteiger partial charge < -0.3 is 14.6 Å². The van der Waals surface area contributed by atoms with E-state index in [4.69, 9.17) is 15.0 Å². The lowest BCUT2D eigenvalue weighted by Crippen LogP contribution is -2.47. The van der Waals surface area contributed by atoms with Gasteiger partial charge in [-0.25, -0.2) is 0 Å². The van der Waals surface area contributed by atoms with Crippen LogP contribution in [0.4, 0.5) is 0 Å². The Morgan fingerprint density at radius 3 is 2.59 bits per heavy atom. The van der Waals surface area contributed by atoms with E-state index in [1.165, 1.54) is 0 Å². The summed E-state index contributed by atoms with van der Waals surface area (Å²) in [6, 6.07) is 0. The maximum absolute atomic E-state index is 9.25. The minimum Gasteiger partial charge on any atom is -0.394 e. The fourth-order valence-electron chi connectivity index (χ4n) is 2.14. The second kappa shape index (κ2) is 6.81. The van der Waals surface area contributed by atoms with Crippen LogP contribution < -0.4 is 0 Å². The van der Waals surface area contributed by atoms with Gasteiger partial charge in [0, 0.05) is 17.4 Å². The van der Waals surface area contributed by atoms with Crippen LogP contribution in [-0.4, -0.2) is 37.3 Å². The van der Waals surface area contributed by atoms with Gasteiger partial charge in [0.15, 0.2) is 6.29 Å². The molecule has 0 bridgehead atoms. The van der Waals surface area contributed by atoms with Gasteiger partial charge in [-0.2, -0.15) is 0 Å². The van der Waals surface area contributed by atoms with Crippen LogP contribution in [-0.2, 0) is 9.47 Å². The van der Waals surface area contributed by atoms with E-state index in [0.29, 0.717) is 25.0 Å². The third kappa shape index (κ3) is 3.57. The SMILES string of the molecule is CC1[C@H](OCCN=[N+]=[N-])OC(CO)[C@@H](C)[C@@H]1C. The Kier molecular flexibility index (Phi) is 5.71. The number of aliphatic hydroxyl groups excluding tert-OH is 1. The number of aliphatic hydroxyl groups is 1. The monoisotopic (exact) mass is 243 g/mol. The van der Waals surface area contributed by atoms with E-state index >= 15 is 0 Å². The molecule has 1 aliphatic heterocycles. The zero-order valence-corrected chi connectivity index (χ0v) is 10.6. The molecule has 0 saturated carbocycles. The predicted octanol–water partition coefficient (Wildman–Crippen LogP) is 1.94. The molecule has 1 rings (SSSR count). The van der Waals surface area contributed by atoms with E-state index in [1.807, 2.05) is 0 Å². The maximum Gasteiger partial charge on any atom is 0.160 e. The Morgan fingerprint density at radius 2 is 2.00 bits per heavy atom. The number of azide groups is 1. The molecule has 6 nitrogen and oxygen atoms in total. The molecule has 1 saturated heterocycles. The number of hydrogen-bond acceptors (Lipinski definition) is 4. The van der Waals surface area contributed by atoms with Gasteiger partial charge in [0.05, 0.1) is 19.3 Å². The molecule has 0 aliphatic carbocycles. The Bertz CT molecular complexity index is 279. The van der Waals surface area contributed by atoms with Gasteiger partial charge in [-0.1, -0.05) is 25.9 Å². The fraction of sp³-hybridized carbons (Fsp3) is 1.00. The van der Waals surface area contributed by atoms with E-state index in [0.717, 1.165) is 0 Å². The molecule has 0 aromatic rings. The van der Waals surface area contributed by atoms with Crippen molar-refractivity contribution in [2.45, 2.75) is 33.2 Å². The number of hydrogen-bond donors (Lipinski definition) is 1. The summed E-state index contributed by atoms with van der Waals surface area (Å²) in [6.07, 6.45) is -0.502. The van der Waals surface area contributed by atoms with Crippen molar-refractivity contribution in [3.8, 4) is 0 Å². The van der Waals surface area contributed by atoms with Crippen molar-refractivity contribution in [2.24, 2.45) is 22.9 Å². The summed E-state index contributed by atoms with van der Waals surface area (Å²) in [5.74, 6) is 0.996. The molecule has 0 aromatic heterocycles. The highest BCUT2D eigenvalue weighted by Gasteiger charge is 2.39. The van der Waals surface area contributed by atoms with Crippen LogP contribution in [0.5, 0.6) is 0 Å². The highest BCUT2D eigenvalue weighted by Crippen LogP contribution is 2.35. The first-order valence-corrected chi connectivity index (χ1v) is 6.00. The van der Waals surface area contributed by atoms with E-state index in [2.05, 4.69) is 30.8 Å². The Balaban J connectivity index is 2.50. The average molecular weight is 243 g/mol. The predicted molar refractivity (Wildman–Crippen MR) is 63.2 cm³/mol. The number of nitrogens with zero attached hydrogens (tertiary/aromatic N) is 3. The fourth-order valence-corrected chi connectivity index (χ4v) is 2.14. The van der Waals surface area contributed by atoms with Gasteiger partial charge in [0.1, 0.15) is 0 Å². The van der Waals surface area contributed by atoms with Gasteiger partial charge in [-0.05, 0) is 17.4 Å². The number of ether oxygens (including phenoxy) is 2. The summed E-state index contributed by atoms with van der Waals surface area (Å²) in [5, 5.41) is 12.7. The van der Waals surface area contributed by atoms with Crippen LogP contribution in [0.15, 0.2) is 5.11 Å². The molecule has 98 valence electrons. The third-order valence-corrected chi connectivity index (χ3v) is 3.70. The molecular weight excluding hydrogens is 222 g/mol. The molecule has 0 aromatic carbocycles. The lowest BCUT2D eigenvalue weighted by molar-refractivity contribution is -0.252. The summed E-state index contributed by atoms with van der Waals surface area (Å²) in [7, 11) is 0. The van der Waals surface area contributed by atoms with Crippen LogP contribution in [0.1, 0.15) is 20.8 Å². The zero-order valence-electron chi connectivity index (χ0n) is 10.6. The zero-order chi connectivity index (χ0) is 12.8. The molecule has 1 N–H and O–H groups in total. The van der Waals surface area contributed by atoms with Crippen LogP contribution in [0, 0.1) is 17.8 Å². The summed E-state index contributed by atoms with van der Waals surface area (Å²) < 4.78 is 11.3. The first kappa shape index (κ1) is 14.3. The minimum atomic E-state index is -0.327. The van der Waals surface area contributed by atoms with Crippen molar-refractivity contribution in [2.75, 3.05) is 19.8 Å². The first-order valence-electron chi connectivity index (χ1n) is 6.00. The second-order valence-corrected chi connectivity index (χ2v) is 4.63. The standard InChI is InChI=1S/C11H21N3O3/c1-7-8(2)10(6-15)17-11(9(7)3)16-5-4-13-14-12/h7-11,15H,4-6H2,1-3H3/t7-,8-,9?,10?,11+/m0/s1. The van der Waals surface area contributed by atoms with Crippen molar-refractivity contribution >= 4 is 0 Å². The average Bonchev–Trinajstić information content (AvgIpc) is 2.34. The smallest absolute Gasteiger partial charge is 0.160 e. The second-order valence-electron chi connectivity index (χ2n) is 4.63. The lowest BCUT2D eigenvalue weighted by atomic mass is 9.79. The molecule has 0 spiro atoms. The topological polar surface area (TPSA) is 87.5 Å². The molecule has 1 fully saturated rings. The molecule has 0 radical (unpaired) electrons. The highest BCUT2D eigenvalue weighted by atomic mass is 16.7. The quantitative estimate of drug-likeness (QED) is 0.346. The van der Waals surface area contributed by atoms with Crippen LogP contribution >= 0.6 is 0 Å². The van der Waals surface area contributed by atoms with Gasteiger partial charge in [0.2, 0.25) is 0 Å². The van der Waals surface area contributed by atoms with Crippen molar-refractivity contribution in [1.29, 1.82) is 0 Å². The van der Waals surface area contributed by atoms with Crippen LogP contribution in [0.2, 0.25) is 0 Å². The lowest BCUT2D eigenvalue weighted by Gasteiger charge is -2.42. The number of rotatable bonds is 5. The highest BCUT2D eigenvalue weighted by molar-refractivity contribution is 4.82. The van der Waals surface area contributed by atoms with Crippen LogP contribution in [0.25, 0.3) is 10.4 Å². The molecule has 1 aliphatic rings. The van der Waals surface area contributed by atoms with Crippen molar-refractivity contribution in [1.82, 2.24) is 0 Å². The summed E-state index contributed by atoms with van der Waals surface area (Å²) >= 11 is 0. The minimum absolute atomic E-state index is 0.00837. The van der Waals surface area contributed by atoms with Crippen molar-refractivity contribution in [3.05, 3.63) is 10.4 Å². The summed E-state index contributed by atoms with van der Waals surface area (Å²) in [5.41, 5.74) is 8.15. The Morgan fingerprint density at radius 1 is 1.29 bits per heavy atom. The van der Waals surface area contributed by atoms with E-state index in [1.54, 1.807) is 0 Å². The molecule has 1 heterocycles. The van der Waals surface area contributed by atoms with E-state index in [9.17, 15) is 5.11 Å². The van der Waals surface area contributed by atoms with Crippen molar-refractivity contribution < 1.29 is 14.6 Å². The van der Waals surface area contributed by atoms with Gasteiger partial charge in [0.25, 0.3) is 0 Å². The van der Waals surface area contributed by atoms with E-state index < -0.39 is 0 Å². The molecule has 0 amide bonds. The van der Waals surface area contributed by atoms with Crippen molar-refractivity contribution in [3.63, 3.8) is 0 Å². The largest absolute Gasteiger partial charge is 0.394 e. The van der Waals surface area contributed by atoms with E-state index in [-0.39, 0.29) is 24.9 Å². The molecular formula is C11H21N3O3. The summed E-state index contributed by atoms with van der Waals surface area (Å²) in [4.78, 5) is 2.66.